The monoisotopic (exact) mass is 466 g/mol. The van der Waals surface area contributed by atoms with Crippen LogP contribution in [0.25, 0.3) is 11.1 Å². The minimum Gasteiger partial charge on any atom is -0.462 e. The molecule has 0 unspecified atom stereocenters. The van der Waals surface area contributed by atoms with Crippen LogP contribution in [0.4, 0.5) is 8.78 Å². The molecular formula is C23H24F2O4S2. The molecule has 1 fully saturated rings. The molecule has 166 valence electrons. The van der Waals surface area contributed by atoms with Crippen LogP contribution in [-0.4, -0.2) is 29.5 Å². The Morgan fingerprint density at radius 1 is 1.13 bits per heavy atom. The van der Waals surface area contributed by atoms with Crippen molar-refractivity contribution in [3.8, 4) is 16.9 Å². The quantitative estimate of drug-likeness (QED) is 0.184. The van der Waals surface area contributed by atoms with Gasteiger partial charge >= 0.3 is 11.9 Å². The molecule has 1 saturated heterocycles. The van der Waals surface area contributed by atoms with Crippen LogP contribution in [0.3, 0.4) is 0 Å². The Balaban J connectivity index is 1.69. The Morgan fingerprint density at radius 2 is 1.97 bits per heavy atom. The van der Waals surface area contributed by atoms with Crippen molar-refractivity contribution in [2.75, 3.05) is 12.4 Å². The van der Waals surface area contributed by atoms with Crippen LogP contribution < -0.4 is 4.74 Å². The van der Waals surface area contributed by atoms with Gasteiger partial charge in [0.2, 0.25) is 0 Å². The number of carbonyl (C=O) groups excluding carboxylic acids is 2. The normalized spacial score (nSPS) is 15.6. The summed E-state index contributed by atoms with van der Waals surface area (Å²) in [6.07, 6.45) is 4.21. The molecule has 0 radical (unpaired) electrons. The lowest BCUT2D eigenvalue weighted by atomic mass is 10.0. The summed E-state index contributed by atoms with van der Waals surface area (Å²) in [5.41, 5.74) is 0.510. The van der Waals surface area contributed by atoms with Crippen LogP contribution in [0.15, 0.2) is 36.4 Å². The number of carbonyl (C=O) groups is 2. The van der Waals surface area contributed by atoms with E-state index in [0.29, 0.717) is 17.2 Å². The molecule has 0 spiro atoms. The van der Waals surface area contributed by atoms with E-state index in [9.17, 15) is 18.4 Å². The summed E-state index contributed by atoms with van der Waals surface area (Å²) in [7, 11) is 3.81. The summed E-state index contributed by atoms with van der Waals surface area (Å²) in [6, 6.07) is 7.56. The van der Waals surface area contributed by atoms with Crippen molar-refractivity contribution < 1.29 is 27.8 Å². The second-order valence-corrected chi connectivity index (χ2v) is 9.89. The van der Waals surface area contributed by atoms with E-state index in [1.807, 2.05) is 21.6 Å². The molecule has 1 atom stereocenters. The zero-order chi connectivity index (χ0) is 22.2. The first-order valence-corrected chi connectivity index (χ1v) is 12.6. The van der Waals surface area contributed by atoms with Gasteiger partial charge in [-0.25, -0.2) is 13.6 Å². The van der Waals surface area contributed by atoms with E-state index in [-0.39, 0.29) is 29.9 Å². The van der Waals surface area contributed by atoms with Gasteiger partial charge in [-0.05, 0) is 56.0 Å². The first-order chi connectivity index (χ1) is 15.0. The number of halogens is 2. The van der Waals surface area contributed by atoms with E-state index in [2.05, 4.69) is 0 Å². The van der Waals surface area contributed by atoms with Gasteiger partial charge < -0.3 is 9.47 Å². The molecule has 1 aliphatic heterocycles. The smallest absolute Gasteiger partial charge is 0.341 e. The van der Waals surface area contributed by atoms with E-state index < -0.39 is 23.6 Å². The molecule has 2 aromatic carbocycles. The Labute approximate surface area is 188 Å². The lowest BCUT2D eigenvalue weighted by Crippen LogP contribution is -2.13. The molecular weight excluding hydrogens is 442 g/mol. The number of ether oxygens (including phenoxy) is 2. The standard InChI is InChI=1S/C23H24F2O4S2/c1-2-28-23(27)19-13-15(18-9-8-16(24)14-20(18)25)7-10-21(19)29-22(26)6-4-3-5-17-11-12-30-31-17/h7-10,13-14,17H,2-6,11-12H2,1H3/t17-/m1/s1. The van der Waals surface area contributed by atoms with E-state index >= 15 is 0 Å². The molecule has 31 heavy (non-hydrogen) atoms. The average Bonchev–Trinajstić information content (AvgIpc) is 3.25. The van der Waals surface area contributed by atoms with Crippen molar-refractivity contribution in [1.29, 1.82) is 0 Å². The van der Waals surface area contributed by atoms with Crippen molar-refractivity contribution in [2.45, 2.75) is 44.3 Å². The molecule has 1 heterocycles. The second kappa shape index (κ2) is 11.5. The summed E-state index contributed by atoms with van der Waals surface area (Å²) in [5, 5.41) is 0.663. The molecule has 0 amide bonds. The van der Waals surface area contributed by atoms with Gasteiger partial charge in [0.1, 0.15) is 22.9 Å². The minimum atomic E-state index is -0.752. The van der Waals surface area contributed by atoms with E-state index in [0.717, 1.165) is 25.0 Å². The largest absolute Gasteiger partial charge is 0.462 e. The third kappa shape index (κ3) is 6.71. The molecule has 0 N–H and O–H groups in total. The third-order valence-electron chi connectivity index (χ3n) is 4.83. The average molecular weight is 467 g/mol. The van der Waals surface area contributed by atoms with E-state index in [1.165, 1.54) is 36.4 Å². The van der Waals surface area contributed by atoms with Crippen molar-refractivity contribution in [3.63, 3.8) is 0 Å². The van der Waals surface area contributed by atoms with Gasteiger partial charge in [-0.3, -0.25) is 4.79 Å². The summed E-state index contributed by atoms with van der Waals surface area (Å²) in [6.45, 7) is 1.80. The second-order valence-electron chi connectivity index (χ2n) is 7.10. The van der Waals surface area contributed by atoms with Crippen LogP contribution >= 0.6 is 21.6 Å². The maximum absolute atomic E-state index is 14.2. The van der Waals surface area contributed by atoms with Gasteiger partial charge in [0.15, 0.2) is 0 Å². The number of benzene rings is 2. The van der Waals surface area contributed by atoms with Gasteiger partial charge in [0.05, 0.1) is 6.61 Å². The lowest BCUT2D eigenvalue weighted by Gasteiger charge is -2.12. The van der Waals surface area contributed by atoms with Gasteiger partial charge in [-0.2, -0.15) is 0 Å². The predicted molar refractivity (Wildman–Crippen MR) is 120 cm³/mol. The summed E-state index contributed by atoms with van der Waals surface area (Å²) in [4.78, 5) is 24.7. The highest BCUT2D eigenvalue weighted by Gasteiger charge is 2.20. The maximum atomic E-state index is 14.2. The number of rotatable bonds is 9. The van der Waals surface area contributed by atoms with Crippen molar-refractivity contribution >= 4 is 33.5 Å². The Bertz CT molecular complexity index is 930. The zero-order valence-corrected chi connectivity index (χ0v) is 18.8. The number of hydrogen-bond acceptors (Lipinski definition) is 6. The highest BCUT2D eigenvalue weighted by molar-refractivity contribution is 8.77. The van der Waals surface area contributed by atoms with Crippen LogP contribution in [-0.2, 0) is 9.53 Å². The minimum absolute atomic E-state index is 0.0239. The van der Waals surface area contributed by atoms with Crippen LogP contribution in [0.1, 0.15) is 49.4 Å². The fraction of sp³-hybridized carbons (Fsp3) is 0.391. The van der Waals surface area contributed by atoms with Crippen LogP contribution in [0, 0.1) is 11.6 Å². The number of hydrogen-bond donors (Lipinski definition) is 0. The highest BCUT2D eigenvalue weighted by Crippen LogP contribution is 2.40. The van der Waals surface area contributed by atoms with Crippen LogP contribution in [0.5, 0.6) is 5.75 Å². The zero-order valence-electron chi connectivity index (χ0n) is 17.2. The third-order valence-corrected chi connectivity index (χ3v) is 7.83. The summed E-state index contributed by atoms with van der Waals surface area (Å²) < 4.78 is 37.9. The van der Waals surface area contributed by atoms with Crippen molar-refractivity contribution in [2.24, 2.45) is 0 Å². The fourth-order valence-corrected chi connectivity index (χ4v) is 6.29. The van der Waals surface area contributed by atoms with Crippen LogP contribution in [0.2, 0.25) is 0 Å². The van der Waals surface area contributed by atoms with E-state index in [1.54, 1.807) is 6.92 Å². The molecule has 0 aromatic heterocycles. The molecule has 0 bridgehead atoms. The first-order valence-electron chi connectivity index (χ1n) is 10.2. The fourth-order valence-electron chi connectivity index (χ4n) is 3.26. The van der Waals surface area contributed by atoms with Gasteiger partial charge in [0.25, 0.3) is 0 Å². The Hall–Kier alpha value is -2.06. The van der Waals surface area contributed by atoms with Crippen molar-refractivity contribution in [1.82, 2.24) is 0 Å². The van der Waals surface area contributed by atoms with Gasteiger partial charge in [0, 0.05) is 29.1 Å². The summed E-state index contributed by atoms with van der Waals surface area (Å²) >= 11 is 0. The molecule has 0 saturated carbocycles. The Kier molecular flexibility index (Phi) is 8.78. The molecule has 4 nitrogen and oxygen atoms in total. The SMILES string of the molecule is CCOC(=O)c1cc(-c2ccc(F)cc2F)ccc1OC(=O)CCCC[C@@H]1CCSS1. The predicted octanol–water partition coefficient (Wildman–Crippen LogP) is 6.43. The van der Waals surface area contributed by atoms with E-state index in [4.69, 9.17) is 9.47 Å². The number of esters is 2. The van der Waals surface area contributed by atoms with Gasteiger partial charge in [-0.1, -0.05) is 34.1 Å². The lowest BCUT2D eigenvalue weighted by molar-refractivity contribution is -0.134. The topological polar surface area (TPSA) is 52.6 Å². The first kappa shape index (κ1) is 23.6. The molecule has 3 rings (SSSR count). The van der Waals surface area contributed by atoms with Gasteiger partial charge in [-0.15, -0.1) is 0 Å². The number of unbranched alkanes of at least 4 members (excludes halogenated alkanes) is 1. The highest BCUT2D eigenvalue weighted by atomic mass is 33.1. The molecule has 8 heteroatoms. The van der Waals surface area contributed by atoms with Crippen molar-refractivity contribution in [3.05, 3.63) is 53.6 Å². The molecule has 1 aliphatic rings. The Morgan fingerprint density at radius 3 is 2.68 bits per heavy atom. The summed E-state index contributed by atoms with van der Waals surface area (Å²) in [5.74, 6) is -1.30. The molecule has 2 aromatic rings. The molecule has 0 aliphatic carbocycles. The maximum Gasteiger partial charge on any atom is 0.341 e.